The second-order valence-electron chi connectivity index (χ2n) is 10.4. The molecule has 3 aromatic rings. The molecule has 0 bridgehead atoms. The van der Waals surface area contributed by atoms with Crippen LogP contribution in [0.25, 0.3) is 5.69 Å². The van der Waals surface area contributed by atoms with Crippen LogP contribution in [0.2, 0.25) is 0 Å². The molecule has 0 aliphatic carbocycles. The molecule has 0 unspecified atom stereocenters. The van der Waals surface area contributed by atoms with Crippen molar-refractivity contribution in [3.63, 3.8) is 0 Å². The lowest BCUT2D eigenvalue weighted by Crippen LogP contribution is -2.44. The highest BCUT2D eigenvalue weighted by Gasteiger charge is 2.24. The first-order chi connectivity index (χ1) is 17.0. The summed E-state index contributed by atoms with van der Waals surface area (Å²) < 4.78 is 7.40. The van der Waals surface area contributed by atoms with E-state index in [0.29, 0.717) is 12.4 Å². The molecule has 2 amide bonds. The molecule has 1 aromatic heterocycles. The minimum atomic E-state index is -0.285. The third kappa shape index (κ3) is 6.82. The molecule has 0 atom stereocenters. The first kappa shape index (κ1) is 27.1. The normalized spacial score (nSPS) is 11.6. The number of nitrogens with zero attached hydrogens (tertiary/aromatic N) is 3. The predicted octanol–water partition coefficient (Wildman–Crippen LogP) is 5.18. The van der Waals surface area contributed by atoms with Crippen molar-refractivity contribution in [3.8, 4) is 5.69 Å². The number of anilines is 1. The van der Waals surface area contributed by atoms with Crippen LogP contribution in [0.15, 0.2) is 54.6 Å². The van der Waals surface area contributed by atoms with Gasteiger partial charge in [-0.05, 0) is 50.5 Å². The van der Waals surface area contributed by atoms with Crippen molar-refractivity contribution in [2.24, 2.45) is 0 Å². The van der Waals surface area contributed by atoms with E-state index >= 15 is 0 Å². The quantitative estimate of drug-likeness (QED) is 0.448. The fourth-order valence-corrected chi connectivity index (χ4v) is 3.79. The van der Waals surface area contributed by atoms with Gasteiger partial charge in [-0.15, -0.1) is 0 Å². The van der Waals surface area contributed by atoms with E-state index in [1.54, 1.807) is 4.68 Å². The topological polar surface area (TPSA) is 76.5 Å². The van der Waals surface area contributed by atoms with Crippen molar-refractivity contribution in [2.75, 3.05) is 18.5 Å². The molecule has 1 heterocycles. The monoisotopic (exact) mass is 490 g/mol. The summed E-state index contributed by atoms with van der Waals surface area (Å²) in [5.41, 5.74) is 4.80. The number of benzene rings is 2. The number of carbonyl (C=O) groups excluding carboxylic acids is 2. The highest BCUT2D eigenvalue weighted by Crippen LogP contribution is 2.28. The van der Waals surface area contributed by atoms with Crippen LogP contribution >= 0.6 is 0 Å². The van der Waals surface area contributed by atoms with Crippen molar-refractivity contribution in [1.82, 2.24) is 14.7 Å². The Morgan fingerprint density at radius 2 is 1.75 bits per heavy atom. The van der Waals surface area contributed by atoms with E-state index in [2.05, 4.69) is 39.1 Å². The molecule has 1 N–H and O–H groups in total. The number of aryl methyl sites for hydroxylation is 1. The number of amides is 2. The Balaban J connectivity index is 1.75. The zero-order valence-corrected chi connectivity index (χ0v) is 22.5. The molecular formula is C29H38N4O3. The summed E-state index contributed by atoms with van der Waals surface area (Å²) in [6, 6.07) is 17.5. The van der Waals surface area contributed by atoms with Gasteiger partial charge in [0.1, 0.15) is 19.0 Å². The largest absolute Gasteiger partial charge is 0.367 e. The van der Waals surface area contributed by atoms with E-state index in [4.69, 9.17) is 9.84 Å². The van der Waals surface area contributed by atoms with Crippen molar-refractivity contribution in [2.45, 2.75) is 66.5 Å². The number of carbonyl (C=O) groups is 2. The smallest absolute Gasteiger partial charge is 0.249 e. The summed E-state index contributed by atoms with van der Waals surface area (Å²) >= 11 is 0. The Hall–Kier alpha value is -3.45. The van der Waals surface area contributed by atoms with Gasteiger partial charge in [0.15, 0.2) is 0 Å². The number of hydrogen-bond acceptors (Lipinski definition) is 4. The van der Waals surface area contributed by atoms with Crippen LogP contribution in [0.3, 0.4) is 0 Å². The Morgan fingerprint density at radius 1 is 1.06 bits per heavy atom. The van der Waals surface area contributed by atoms with E-state index < -0.39 is 0 Å². The van der Waals surface area contributed by atoms with E-state index in [-0.39, 0.29) is 36.4 Å². The van der Waals surface area contributed by atoms with E-state index in [9.17, 15) is 9.59 Å². The maximum atomic E-state index is 13.1. The molecule has 192 valence electrons. The molecule has 0 saturated heterocycles. The molecular weight excluding hydrogens is 452 g/mol. The Labute approximate surface area is 214 Å². The molecule has 0 saturated carbocycles. The number of nitrogens with one attached hydrogen (secondary N) is 1. The first-order valence-corrected chi connectivity index (χ1v) is 12.4. The van der Waals surface area contributed by atoms with Crippen LogP contribution in [-0.2, 0) is 26.3 Å². The summed E-state index contributed by atoms with van der Waals surface area (Å²) in [5, 5.41) is 7.82. The Kier molecular flexibility index (Phi) is 8.69. The van der Waals surface area contributed by atoms with Gasteiger partial charge in [0.25, 0.3) is 0 Å². The van der Waals surface area contributed by atoms with Gasteiger partial charge in [-0.3, -0.25) is 9.59 Å². The van der Waals surface area contributed by atoms with Gasteiger partial charge in [-0.1, -0.05) is 63.2 Å². The molecule has 0 aliphatic rings. The average molecular weight is 491 g/mol. The highest BCUT2D eigenvalue weighted by molar-refractivity contribution is 5.94. The Morgan fingerprint density at radius 3 is 2.39 bits per heavy atom. The highest BCUT2D eigenvalue weighted by atomic mass is 16.5. The third-order valence-electron chi connectivity index (χ3n) is 6.14. The molecule has 36 heavy (non-hydrogen) atoms. The van der Waals surface area contributed by atoms with Gasteiger partial charge in [-0.25, -0.2) is 4.68 Å². The van der Waals surface area contributed by atoms with Crippen LogP contribution in [0.1, 0.15) is 57.0 Å². The molecule has 3 rings (SSSR count). The standard InChI is InChI=1S/C29H38N4O3/c1-20(2)32(28(35)19-36-18-23-13-9-8-10-14-23)17-27(34)30-26-16-25(29(5,6)7)31-33(26)24-15-11-12-21(3)22(24)4/h8-16,20H,17-19H2,1-7H3,(H,30,34). The predicted molar refractivity (Wildman–Crippen MR) is 143 cm³/mol. The van der Waals surface area contributed by atoms with Crippen LogP contribution in [0.5, 0.6) is 0 Å². The van der Waals surface area contributed by atoms with Crippen molar-refractivity contribution < 1.29 is 14.3 Å². The summed E-state index contributed by atoms with van der Waals surface area (Å²) in [5.74, 6) is 0.0663. The maximum absolute atomic E-state index is 13.1. The van der Waals surface area contributed by atoms with E-state index in [1.165, 1.54) is 4.90 Å². The van der Waals surface area contributed by atoms with Crippen LogP contribution < -0.4 is 5.32 Å². The van der Waals surface area contributed by atoms with Crippen LogP contribution in [0.4, 0.5) is 5.82 Å². The summed E-state index contributed by atoms with van der Waals surface area (Å²) in [6.07, 6.45) is 0. The SMILES string of the molecule is Cc1cccc(-n2nc(C(C)(C)C)cc2NC(=O)CN(C(=O)COCc2ccccc2)C(C)C)c1C. The van der Waals surface area contributed by atoms with Crippen LogP contribution in [0, 0.1) is 13.8 Å². The summed E-state index contributed by atoms with van der Waals surface area (Å²) in [4.78, 5) is 27.5. The van der Waals surface area contributed by atoms with Crippen molar-refractivity contribution in [3.05, 3.63) is 77.0 Å². The number of aromatic nitrogens is 2. The van der Waals surface area contributed by atoms with Gasteiger partial charge in [0.05, 0.1) is 18.0 Å². The summed E-state index contributed by atoms with van der Waals surface area (Å²) in [7, 11) is 0. The van der Waals surface area contributed by atoms with E-state index in [0.717, 1.165) is 28.1 Å². The van der Waals surface area contributed by atoms with E-state index in [1.807, 2.05) is 69.3 Å². The molecule has 7 heteroatoms. The fraction of sp³-hybridized carbons (Fsp3) is 0.414. The van der Waals surface area contributed by atoms with Crippen LogP contribution in [-0.4, -0.2) is 45.7 Å². The van der Waals surface area contributed by atoms with Gasteiger partial charge < -0.3 is 15.0 Å². The number of hydrogen-bond donors (Lipinski definition) is 1. The fourth-order valence-electron chi connectivity index (χ4n) is 3.79. The number of rotatable bonds is 9. The van der Waals surface area contributed by atoms with Gasteiger partial charge in [0, 0.05) is 17.5 Å². The number of ether oxygens (including phenoxy) is 1. The molecule has 7 nitrogen and oxygen atoms in total. The van der Waals surface area contributed by atoms with Crippen molar-refractivity contribution >= 4 is 17.6 Å². The van der Waals surface area contributed by atoms with Crippen molar-refractivity contribution in [1.29, 1.82) is 0 Å². The molecule has 0 spiro atoms. The molecule has 2 aromatic carbocycles. The van der Waals surface area contributed by atoms with Gasteiger partial charge >= 0.3 is 0 Å². The minimum absolute atomic E-state index is 0.0754. The second kappa shape index (κ2) is 11.5. The Bertz CT molecular complexity index is 1190. The lowest BCUT2D eigenvalue weighted by Gasteiger charge is -2.26. The lowest BCUT2D eigenvalue weighted by atomic mass is 9.92. The van der Waals surface area contributed by atoms with Gasteiger partial charge in [0.2, 0.25) is 11.8 Å². The maximum Gasteiger partial charge on any atom is 0.249 e. The molecule has 0 aliphatic heterocycles. The lowest BCUT2D eigenvalue weighted by molar-refractivity contribution is -0.141. The molecule has 0 fully saturated rings. The zero-order chi connectivity index (χ0) is 26.5. The minimum Gasteiger partial charge on any atom is -0.367 e. The first-order valence-electron chi connectivity index (χ1n) is 12.4. The average Bonchev–Trinajstić information content (AvgIpc) is 3.23. The summed E-state index contributed by atoms with van der Waals surface area (Å²) in [6.45, 7) is 14.3. The molecule has 0 radical (unpaired) electrons. The third-order valence-corrected chi connectivity index (χ3v) is 6.14. The second-order valence-corrected chi connectivity index (χ2v) is 10.4. The van der Waals surface area contributed by atoms with Gasteiger partial charge in [-0.2, -0.15) is 5.10 Å². The zero-order valence-electron chi connectivity index (χ0n) is 22.5.